The summed E-state index contributed by atoms with van der Waals surface area (Å²) in [6.07, 6.45) is 0.530. The summed E-state index contributed by atoms with van der Waals surface area (Å²) in [7, 11) is 1.58. The van der Waals surface area contributed by atoms with Gasteiger partial charge in [-0.3, -0.25) is 4.79 Å². The van der Waals surface area contributed by atoms with Gasteiger partial charge in [-0.15, -0.1) is 0 Å². The van der Waals surface area contributed by atoms with Gasteiger partial charge in [0.15, 0.2) is 6.04 Å². The van der Waals surface area contributed by atoms with E-state index in [1.54, 1.807) is 13.2 Å². The van der Waals surface area contributed by atoms with Crippen molar-refractivity contribution >= 4 is 11.9 Å². The van der Waals surface area contributed by atoms with Gasteiger partial charge in [-0.1, -0.05) is 6.07 Å². The summed E-state index contributed by atoms with van der Waals surface area (Å²) >= 11 is 0. The normalized spacial score (nSPS) is 23.6. The number of ether oxygens (including phenoxy) is 3. The van der Waals surface area contributed by atoms with Crippen LogP contribution in [0.1, 0.15) is 5.56 Å². The summed E-state index contributed by atoms with van der Waals surface area (Å²) in [5, 5.41) is 9.25. The Kier molecular flexibility index (Phi) is 4.38. The number of rotatable bonds is 3. The molecule has 124 valence electrons. The average Bonchev–Trinajstić information content (AvgIpc) is 2.60. The molecule has 0 bridgehead atoms. The fraction of sp³-hybridized carbons (Fsp3) is 0.500. The van der Waals surface area contributed by atoms with E-state index in [0.717, 1.165) is 5.56 Å². The van der Waals surface area contributed by atoms with E-state index in [9.17, 15) is 14.7 Å². The molecule has 2 atom stereocenters. The number of hydrogen-bond donors (Lipinski definition) is 1. The molecule has 0 radical (unpaired) electrons. The van der Waals surface area contributed by atoms with Crippen molar-refractivity contribution in [3.8, 4) is 11.5 Å². The van der Waals surface area contributed by atoms with Gasteiger partial charge in [0.2, 0.25) is 5.91 Å². The zero-order valence-electron chi connectivity index (χ0n) is 12.9. The maximum absolute atomic E-state index is 12.7. The summed E-state index contributed by atoms with van der Waals surface area (Å²) < 4.78 is 16.0. The molecule has 0 saturated carbocycles. The Morgan fingerprint density at radius 1 is 1.35 bits per heavy atom. The van der Waals surface area contributed by atoms with Crippen molar-refractivity contribution in [3.05, 3.63) is 23.8 Å². The van der Waals surface area contributed by atoms with Gasteiger partial charge in [-0.05, 0) is 18.1 Å². The summed E-state index contributed by atoms with van der Waals surface area (Å²) in [5.41, 5.74) is 0.926. The molecule has 1 aromatic rings. The molecule has 3 rings (SSSR count). The first-order chi connectivity index (χ1) is 11.1. The van der Waals surface area contributed by atoms with Crippen molar-refractivity contribution in [2.75, 3.05) is 33.5 Å². The van der Waals surface area contributed by atoms with Crippen LogP contribution in [0.3, 0.4) is 0 Å². The lowest BCUT2D eigenvalue weighted by Gasteiger charge is -2.36. The molecule has 2 aliphatic rings. The van der Waals surface area contributed by atoms with Gasteiger partial charge in [0.25, 0.3) is 0 Å². The molecular weight excluding hydrogens is 302 g/mol. The predicted molar refractivity (Wildman–Crippen MR) is 79.6 cm³/mol. The minimum atomic E-state index is -1.04. The van der Waals surface area contributed by atoms with Crippen LogP contribution in [0.25, 0.3) is 0 Å². The SMILES string of the molecule is COc1ccc2c(c1)OCC(C(=O)N1CCOCC1C(=O)O)C2. The number of carbonyl (C=O) groups is 2. The second-order valence-corrected chi connectivity index (χ2v) is 5.65. The minimum absolute atomic E-state index is 0.0302. The number of methoxy groups -OCH3 is 1. The Balaban J connectivity index is 1.74. The highest BCUT2D eigenvalue weighted by molar-refractivity contribution is 5.86. The smallest absolute Gasteiger partial charge is 0.328 e. The monoisotopic (exact) mass is 321 g/mol. The van der Waals surface area contributed by atoms with Crippen LogP contribution in [0.4, 0.5) is 0 Å². The van der Waals surface area contributed by atoms with Gasteiger partial charge in [0, 0.05) is 12.6 Å². The summed E-state index contributed by atoms with van der Waals surface area (Å²) in [4.78, 5) is 25.4. The maximum atomic E-state index is 12.7. The summed E-state index contributed by atoms with van der Waals surface area (Å²) in [6.45, 7) is 0.920. The number of amides is 1. The Morgan fingerprint density at radius 2 is 2.17 bits per heavy atom. The third-order valence-electron chi connectivity index (χ3n) is 4.23. The molecule has 1 amide bonds. The van der Waals surface area contributed by atoms with Crippen LogP contribution >= 0.6 is 0 Å². The zero-order chi connectivity index (χ0) is 16.4. The molecule has 2 unspecified atom stereocenters. The van der Waals surface area contributed by atoms with Crippen LogP contribution in [-0.2, 0) is 20.7 Å². The topological polar surface area (TPSA) is 85.3 Å². The second kappa shape index (κ2) is 6.45. The van der Waals surface area contributed by atoms with E-state index in [0.29, 0.717) is 31.1 Å². The largest absolute Gasteiger partial charge is 0.497 e. The van der Waals surface area contributed by atoms with Crippen molar-refractivity contribution in [1.29, 1.82) is 0 Å². The number of carboxylic acids is 1. The number of aliphatic carboxylic acids is 1. The van der Waals surface area contributed by atoms with E-state index in [2.05, 4.69) is 0 Å². The summed E-state index contributed by atoms with van der Waals surface area (Å²) in [6, 6.07) is 4.57. The summed E-state index contributed by atoms with van der Waals surface area (Å²) in [5.74, 6) is -0.198. The lowest BCUT2D eigenvalue weighted by molar-refractivity contribution is -0.161. The molecule has 0 spiro atoms. The maximum Gasteiger partial charge on any atom is 0.328 e. The third-order valence-corrected chi connectivity index (χ3v) is 4.23. The molecule has 1 fully saturated rings. The molecule has 0 aromatic heterocycles. The molecule has 1 N–H and O–H groups in total. The van der Waals surface area contributed by atoms with Crippen molar-refractivity contribution in [2.24, 2.45) is 5.92 Å². The van der Waals surface area contributed by atoms with Crippen LogP contribution in [-0.4, -0.2) is 61.4 Å². The Labute approximate surface area is 133 Å². The van der Waals surface area contributed by atoms with Gasteiger partial charge < -0.3 is 24.2 Å². The highest BCUT2D eigenvalue weighted by atomic mass is 16.5. The van der Waals surface area contributed by atoms with Gasteiger partial charge in [-0.2, -0.15) is 0 Å². The number of carbonyl (C=O) groups excluding carboxylic acids is 1. The molecule has 0 aliphatic carbocycles. The molecule has 1 aromatic carbocycles. The molecule has 2 aliphatic heterocycles. The predicted octanol–water partition coefficient (Wildman–Crippen LogP) is 0.558. The number of nitrogens with zero attached hydrogens (tertiary/aromatic N) is 1. The molecule has 1 saturated heterocycles. The van der Waals surface area contributed by atoms with E-state index in [1.807, 2.05) is 12.1 Å². The van der Waals surface area contributed by atoms with Crippen LogP contribution < -0.4 is 9.47 Å². The highest BCUT2D eigenvalue weighted by Crippen LogP contribution is 2.32. The van der Waals surface area contributed by atoms with Crippen molar-refractivity contribution in [3.63, 3.8) is 0 Å². The van der Waals surface area contributed by atoms with E-state index in [-0.39, 0.29) is 25.0 Å². The first kappa shape index (κ1) is 15.6. The lowest BCUT2D eigenvalue weighted by atomic mass is 9.94. The van der Waals surface area contributed by atoms with E-state index >= 15 is 0 Å². The number of morpholine rings is 1. The molecule has 7 heteroatoms. The molecule has 23 heavy (non-hydrogen) atoms. The van der Waals surface area contributed by atoms with Crippen LogP contribution in [0.2, 0.25) is 0 Å². The van der Waals surface area contributed by atoms with Crippen molar-refractivity contribution < 1.29 is 28.9 Å². The second-order valence-electron chi connectivity index (χ2n) is 5.65. The van der Waals surface area contributed by atoms with Gasteiger partial charge >= 0.3 is 5.97 Å². The molecule has 7 nitrogen and oxygen atoms in total. The molecule has 2 heterocycles. The minimum Gasteiger partial charge on any atom is -0.497 e. The van der Waals surface area contributed by atoms with Crippen molar-refractivity contribution in [2.45, 2.75) is 12.5 Å². The van der Waals surface area contributed by atoms with E-state index < -0.39 is 12.0 Å². The fourth-order valence-electron chi connectivity index (χ4n) is 2.94. The Bertz CT molecular complexity index is 617. The third kappa shape index (κ3) is 3.10. The van der Waals surface area contributed by atoms with Crippen LogP contribution in [0.15, 0.2) is 18.2 Å². The van der Waals surface area contributed by atoms with Gasteiger partial charge in [-0.25, -0.2) is 4.79 Å². The Morgan fingerprint density at radius 3 is 2.91 bits per heavy atom. The first-order valence-electron chi connectivity index (χ1n) is 7.51. The lowest BCUT2D eigenvalue weighted by Crippen LogP contribution is -2.55. The van der Waals surface area contributed by atoms with E-state index in [1.165, 1.54) is 4.90 Å². The van der Waals surface area contributed by atoms with Crippen molar-refractivity contribution in [1.82, 2.24) is 4.90 Å². The highest BCUT2D eigenvalue weighted by Gasteiger charge is 2.37. The number of hydrogen-bond acceptors (Lipinski definition) is 5. The number of carboxylic acid groups (broad SMARTS) is 1. The standard InChI is InChI=1S/C16H19NO6/c1-21-12-3-2-10-6-11(8-23-14(10)7-12)15(18)17-4-5-22-9-13(17)16(19)20/h2-3,7,11,13H,4-6,8-9H2,1H3,(H,19,20). The van der Waals surface area contributed by atoms with Crippen LogP contribution in [0.5, 0.6) is 11.5 Å². The first-order valence-corrected chi connectivity index (χ1v) is 7.51. The number of fused-ring (bicyclic) bond motifs is 1. The number of benzene rings is 1. The van der Waals surface area contributed by atoms with Gasteiger partial charge in [0.1, 0.15) is 18.1 Å². The van der Waals surface area contributed by atoms with Gasteiger partial charge in [0.05, 0.1) is 26.2 Å². The fourth-order valence-corrected chi connectivity index (χ4v) is 2.94. The molecular formula is C16H19NO6. The van der Waals surface area contributed by atoms with E-state index in [4.69, 9.17) is 14.2 Å². The average molecular weight is 321 g/mol. The Hall–Kier alpha value is -2.28. The zero-order valence-corrected chi connectivity index (χ0v) is 12.9. The van der Waals surface area contributed by atoms with Crippen LogP contribution in [0, 0.1) is 5.92 Å². The quantitative estimate of drug-likeness (QED) is 0.875.